The van der Waals surface area contributed by atoms with Gasteiger partial charge < -0.3 is 57.0 Å². The highest BCUT2D eigenvalue weighted by Gasteiger charge is 2.33. The Morgan fingerprint density at radius 2 is 0.829 bits per heavy atom. The van der Waals surface area contributed by atoms with E-state index in [0.717, 1.165) is 22.0 Å². The quantitative estimate of drug-likeness (QED) is 0.0363. The number of esters is 1. The molecular formula is C56H69N9O11. The number of benzene rings is 4. The van der Waals surface area contributed by atoms with E-state index in [4.69, 9.17) is 9.47 Å². The third-order valence-corrected chi connectivity index (χ3v) is 12.3. The molecule has 0 saturated carbocycles. The highest BCUT2D eigenvalue weighted by molar-refractivity contribution is 5.98. The Hall–Kier alpha value is -8.55. The fourth-order valence-electron chi connectivity index (χ4n) is 8.01. The van der Waals surface area contributed by atoms with Gasteiger partial charge in [-0.3, -0.25) is 33.6 Å². The molecule has 0 unspecified atom stereocenters. The van der Waals surface area contributed by atoms with E-state index in [-0.39, 0.29) is 38.2 Å². The van der Waals surface area contributed by atoms with Crippen molar-refractivity contribution in [3.63, 3.8) is 0 Å². The SMILES string of the molecule is COC(=O)[C@H](Cc1ccccc1)NC(=O)[C@H](C)NC(=O)[C@H](CC(C)C)NC(=O)[C@H](C)NC(=O)[C@H](Cc1c[nH]c2ccccc12)NC(=O)[C@H](Cc1ccccc1)NC(=O)[C@H](C)NC(=O)[C@H](C)NC(=O)OCc1ccccc1. The summed E-state index contributed by atoms with van der Waals surface area (Å²) in [5, 5.41) is 21.9. The van der Waals surface area contributed by atoms with Gasteiger partial charge in [-0.05, 0) is 68.4 Å². The highest BCUT2D eigenvalue weighted by atomic mass is 16.5. The van der Waals surface area contributed by atoms with Crippen molar-refractivity contribution in [2.45, 2.75) is 122 Å². The second kappa shape index (κ2) is 28.8. The third-order valence-electron chi connectivity index (χ3n) is 12.3. The van der Waals surface area contributed by atoms with Crippen molar-refractivity contribution in [1.29, 1.82) is 0 Å². The summed E-state index contributed by atoms with van der Waals surface area (Å²) in [6, 6.07) is 24.6. The van der Waals surface area contributed by atoms with E-state index in [9.17, 15) is 43.2 Å². The number of ether oxygens (including phenoxy) is 2. The summed E-state index contributed by atoms with van der Waals surface area (Å²) < 4.78 is 10.1. The lowest BCUT2D eigenvalue weighted by molar-refractivity contribution is -0.145. The largest absolute Gasteiger partial charge is 0.467 e. The highest BCUT2D eigenvalue weighted by Crippen LogP contribution is 2.20. The summed E-state index contributed by atoms with van der Waals surface area (Å²) in [7, 11) is 1.21. The molecule has 0 aliphatic carbocycles. The molecule has 5 aromatic rings. The molecule has 0 aliphatic heterocycles. The van der Waals surface area contributed by atoms with Crippen molar-refractivity contribution in [3.8, 4) is 0 Å². The van der Waals surface area contributed by atoms with Crippen molar-refractivity contribution in [2.24, 2.45) is 5.92 Å². The molecular weight excluding hydrogens is 975 g/mol. The Kier molecular flexibility index (Phi) is 22.1. The van der Waals surface area contributed by atoms with E-state index in [1.165, 1.54) is 34.8 Å². The van der Waals surface area contributed by atoms with Gasteiger partial charge in [-0.1, -0.05) is 123 Å². The van der Waals surface area contributed by atoms with Crippen LogP contribution in [0.5, 0.6) is 0 Å². The van der Waals surface area contributed by atoms with Gasteiger partial charge in [-0.25, -0.2) is 9.59 Å². The van der Waals surface area contributed by atoms with Crippen LogP contribution >= 0.6 is 0 Å². The molecule has 0 radical (unpaired) electrons. The maximum Gasteiger partial charge on any atom is 0.408 e. The fourth-order valence-corrected chi connectivity index (χ4v) is 8.01. The van der Waals surface area contributed by atoms with E-state index >= 15 is 0 Å². The van der Waals surface area contributed by atoms with E-state index in [2.05, 4.69) is 47.5 Å². The number of para-hydroxylation sites is 1. The number of aromatic nitrogens is 1. The lowest BCUT2D eigenvalue weighted by Crippen LogP contribution is -2.60. The molecule has 4 aromatic carbocycles. The average molecular weight is 1040 g/mol. The minimum absolute atomic E-state index is 0.0221. The summed E-state index contributed by atoms with van der Waals surface area (Å²) in [6.45, 7) is 9.34. The second-order valence-electron chi connectivity index (χ2n) is 19.0. The van der Waals surface area contributed by atoms with Crippen molar-refractivity contribution < 1.29 is 52.6 Å². The van der Waals surface area contributed by atoms with Crippen LogP contribution in [0.4, 0.5) is 4.79 Å². The van der Waals surface area contributed by atoms with E-state index in [1.807, 2.05) is 50.2 Å². The number of rotatable bonds is 26. The number of fused-ring (bicyclic) bond motifs is 1. The van der Waals surface area contributed by atoms with Crippen LogP contribution in [0.2, 0.25) is 0 Å². The van der Waals surface area contributed by atoms with Crippen LogP contribution < -0.4 is 42.5 Å². The van der Waals surface area contributed by atoms with Crippen LogP contribution in [0.1, 0.15) is 70.2 Å². The van der Waals surface area contributed by atoms with E-state index in [0.29, 0.717) is 11.1 Å². The Balaban J connectivity index is 1.27. The lowest BCUT2D eigenvalue weighted by Gasteiger charge is -2.27. The molecule has 8 atom stereocenters. The maximum atomic E-state index is 14.5. The first-order valence-corrected chi connectivity index (χ1v) is 25.1. The van der Waals surface area contributed by atoms with Crippen LogP contribution in [-0.2, 0) is 73.7 Å². The predicted molar refractivity (Wildman–Crippen MR) is 284 cm³/mol. The van der Waals surface area contributed by atoms with Gasteiger partial charge in [0.15, 0.2) is 0 Å². The molecule has 0 saturated heterocycles. The Morgan fingerprint density at radius 3 is 1.37 bits per heavy atom. The zero-order valence-electron chi connectivity index (χ0n) is 43.8. The Morgan fingerprint density at radius 1 is 0.434 bits per heavy atom. The van der Waals surface area contributed by atoms with Gasteiger partial charge in [-0.15, -0.1) is 0 Å². The molecule has 8 amide bonds. The molecule has 0 bridgehead atoms. The molecule has 0 spiro atoms. The lowest BCUT2D eigenvalue weighted by atomic mass is 10.0. The van der Waals surface area contributed by atoms with Crippen molar-refractivity contribution in [2.75, 3.05) is 7.11 Å². The van der Waals surface area contributed by atoms with Gasteiger partial charge in [0.1, 0.15) is 54.9 Å². The molecule has 1 heterocycles. The first-order valence-electron chi connectivity index (χ1n) is 25.1. The van der Waals surface area contributed by atoms with Crippen LogP contribution in [0.25, 0.3) is 10.9 Å². The number of alkyl carbamates (subject to hydrolysis) is 1. The van der Waals surface area contributed by atoms with Crippen molar-refractivity contribution >= 4 is 64.3 Å². The number of carbonyl (C=O) groups is 9. The van der Waals surface area contributed by atoms with Gasteiger partial charge in [-0.2, -0.15) is 0 Å². The molecule has 20 heteroatoms. The number of methoxy groups -OCH3 is 1. The van der Waals surface area contributed by atoms with E-state index in [1.54, 1.807) is 85.1 Å². The maximum absolute atomic E-state index is 14.5. The van der Waals surface area contributed by atoms with Gasteiger partial charge in [0.05, 0.1) is 7.11 Å². The predicted octanol–water partition coefficient (Wildman–Crippen LogP) is 3.18. The molecule has 0 aliphatic rings. The number of carbonyl (C=O) groups excluding carboxylic acids is 9. The van der Waals surface area contributed by atoms with Gasteiger partial charge in [0.2, 0.25) is 41.4 Å². The topological polar surface area (TPSA) is 284 Å². The van der Waals surface area contributed by atoms with Gasteiger partial charge >= 0.3 is 12.1 Å². The number of amides is 8. The second-order valence-corrected chi connectivity index (χ2v) is 19.0. The van der Waals surface area contributed by atoms with Gasteiger partial charge in [0.25, 0.3) is 0 Å². The number of H-pyrrole nitrogens is 1. The molecule has 1 aromatic heterocycles. The van der Waals surface area contributed by atoms with Crippen LogP contribution in [0, 0.1) is 5.92 Å². The van der Waals surface area contributed by atoms with Crippen LogP contribution in [0.15, 0.2) is 121 Å². The first-order chi connectivity index (χ1) is 36.3. The Labute approximate surface area is 442 Å². The summed E-state index contributed by atoms with van der Waals surface area (Å²) in [5.74, 6) is -5.83. The minimum Gasteiger partial charge on any atom is -0.467 e. The average Bonchev–Trinajstić information content (AvgIpc) is 3.82. The normalized spacial score (nSPS) is 14.2. The summed E-state index contributed by atoms with van der Waals surface area (Å²) in [4.78, 5) is 125. The molecule has 20 nitrogen and oxygen atoms in total. The molecule has 404 valence electrons. The molecule has 0 fully saturated rings. The number of aromatic amines is 1. The number of hydrogen-bond donors (Lipinski definition) is 9. The number of hydrogen-bond acceptors (Lipinski definition) is 11. The van der Waals surface area contributed by atoms with E-state index < -0.39 is 102 Å². The zero-order chi connectivity index (χ0) is 55.3. The Bertz CT molecular complexity index is 2770. The van der Waals surface area contributed by atoms with Crippen LogP contribution in [0.3, 0.4) is 0 Å². The molecule has 9 N–H and O–H groups in total. The monoisotopic (exact) mass is 1040 g/mol. The summed E-state index contributed by atoms with van der Waals surface area (Å²) >= 11 is 0. The standard InChI is InChI=1S/C56H69N9O11/c1-33(2)27-44(52(70)59-36(5)51(69)65-47(55(73)75-7)29-39-21-13-9-14-22-39)62-50(68)35(4)60-53(71)46(30-41-31-57-43-26-18-17-25-42(41)43)64-54(72)45(28-38-19-11-8-12-20-38)63-49(67)34(3)58-48(66)37(6)61-56(74)76-32-40-23-15-10-16-24-40/h8-26,31,33-37,44-47,57H,27-30,32H2,1-7H3,(H,58,66)(H,59,70)(H,60,71)(H,61,74)(H,62,68)(H,63,67)(H,64,72)(H,65,69)/t34-,35-,36-,37-,44-,45-,46-,47-/m0/s1. The fraction of sp³-hybridized carbons (Fsp3) is 0.375. The third kappa shape index (κ3) is 18.1. The van der Waals surface area contributed by atoms with Crippen molar-refractivity contribution in [3.05, 3.63) is 144 Å². The zero-order valence-corrected chi connectivity index (χ0v) is 43.8. The van der Waals surface area contributed by atoms with Crippen molar-refractivity contribution in [1.82, 2.24) is 47.5 Å². The first kappa shape index (κ1) is 58.3. The van der Waals surface area contributed by atoms with Gasteiger partial charge in [0, 0.05) is 36.4 Å². The molecule has 5 rings (SSSR count). The number of nitrogens with one attached hydrogen (secondary N) is 9. The molecule has 76 heavy (non-hydrogen) atoms. The van der Waals surface area contributed by atoms with Crippen LogP contribution in [-0.4, -0.2) is 114 Å². The summed E-state index contributed by atoms with van der Waals surface area (Å²) in [5.41, 5.74) is 3.61. The minimum atomic E-state index is -1.33. The summed E-state index contributed by atoms with van der Waals surface area (Å²) in [6.07, 6.45) is 1.07. The smallest absolute Gasteiger partial charge is 0.408 e.